The summed E-state index contributed by atoms with van der Waals surface area (Å²) in [6.07, 6.45) is 4.47. The summed E-state index contributed by atoms with van der Waals surface area (Å²) in [5, 5.41) is 21.4. The summed E-state index contributed by atoms with van der Waals surface area (Å²) in [5.41, 5.74) is 8.03. The van der Waals surface area contributed by atoms with Gasteiger partial charge in [-0.25, -0.2) is 0 Å². The van der Waals surface area contributed by atoms with Crippen molar-refractivity contribution >= 4 is 38.2 Å². The first kappa shape index (κ1) is 17.6. The fraction of sp³-hybridized carbons (Fsp3) is 0.450. The molecule has 5 rings (SSSR count). The third kappa shape index (κ3) is 3.16. The van der Waals surface area contributed by atoms with E-state index in [1.165, 1.54) is 17.0 Å². The molecule has 0 saturated carbocycles. The quantitative estimate of drug-likeness (QED) is 0.688. The zero-order valence-electron chi connectivity index (χ0n) is 15.7. The first-order valence-electron chi connectivity index (χ1n) is 9.73. The molecule has 28 heavy (non-hydrogen) atoms. The van der Waals surface area contributed by atoms with Crippen molar-refractivity contribution in [2.24, 2.45) is 5.41 Å². The van der Waals surface area contributed by atoms with Crippen molar-refractivity contribution in [2.75, 3.05) is 41.7 Å². The van der Waals surface area contributed by atoms with E-state index in [4.69, 9.17) is 5.73 Å². The summed E-state index contributed by atoms with van der Waals surface area (Å²) >= 11 is 1.44. The number of aliphatic hydroxyl groups is 1. The van der Waals surface area contributed by atoms with Crippen LogP contribution in [0, 0.1) is 5.41 Å². The number of hydrogen-bond acceptors (Lipinski definition) is 8. The maximum absolute atomic E-state index is 10.7. The SMILES string of the molecule is Nc1nnc(N2CCC3(CC2)CC(O)CN(c2ccnc4ccccc24)C3)s1. The molecule has 2 aliphatic heterocycles. The molecular weight excluding hydrogens is 372 g/mol. The molecule has 1 spiro atoms. The minimum atomic E-state index is -0.315. The minimum absolute atomic E-state index is 0.120. The van der Waals surface area contributed by atoms with Gasteiger partial charge in [-0.3, -0.25) is 4.98 Å². The zero-order valence-corrected chi connectivity index (χ0v) is 16.5. The molecule has 7 nitrogen and oxygen atoms in total. The van der Waals surface area contributed by atoms with Crippen LogP contribution in [-0.4, -0.2) is 52.6 Å². The van der Waals surface area contributed by atoms with E-state index in [1.807, 2.05) is 18.3 Å². The Bertz CT molecular complexity index is 978. The highest BCUT2D eigenvalue weighted by atomic mass is 32.1. The lowest BCUT2D eigenvalue weighted by atomic mass is 9.71. The number of β-amino-alcohol motifs (C(OH)–C–C–N with tert-alkyl or cyclic N) is 1. The van der Waals surface area contributed by atoms with Crippen LogP contribution in [0.4, 0.5) is 16.0 Å². The Morgan fingerprint density at radius 2 is 1.93 bits per heavy atom. The second-order valence-electron chi connectivity index (χ2n) is 8.00. The average molecular weight is 397 g/mol. The van der Waals surface area contributed by atoms with Gasteiger partial charge in [-0.1, -0.05) is 29.5 Å². The Morgan fingerprint density at radius 3 is 2.71 bits per heavy atom. The van der Waals surface area contributed by atoms with Crippen LogP contribution in [0.25, 0.3) is 10.9 Å². The molecule has 146 valence electrons. The molecule has 0 radical (unpaired) electrons. The van der Waals surface area contributed by atoms with Gasteiger partial charge in [0.25, 0.3) is 0 Å². The van der Waals surface area contributed by atoms with Crippen molar-refractivity contribution in [3.8, 4) is 0 Å². The summed E-state index contributed by atoms with van der Waals surface area (Å²) < 4.78 is 0. The van der Waals surface area contributed by atoms with E-state index in [0.717, 1.165) is 54.9 Å². The smallest absolute Gasteiger partial charge is 0.209 e. The largest absolute Gasteiger partial charge is 0.391 e. The van der Waals surface area contributed by atoms with Crippen molar-refractivity contribution in [2.45, 2.75) is 25.4 Å². The fourth-order valence-electron chi connectivity index (χ4n) is 4.78. The predicted molar refractivity (Wildman–Crippen MR) is 113 cm³/mol. The van der Waals surface area contributed by atoms with Crippen molar-refractivity contribution in [1.29, 1.82) is 0 Å². The van der Waals surface area contributed by atoms with Gasteiger partial charge in [-0.15, -0.1) is 10.2 Å². The number of nitrogens with two attached hydrogens (primary N) is 1. The van der Waals surface area contributed by atoms with E-state index < -0.39 is 0 Å². The topological polar surface area (TPSA) is 91.4 Å². The number of anilines is 3. The number of para-hydroxylation sites is 1. The molecule has 1 aromatic carbocycles. The molecule has 2 aromatic heterocycles. The van der Waals surface area contributed by atoms with Gasteiger partial charge < -0.3 is 20.6 Å². The van der Waals surface area contributed by atoms with Gasteiger partial charge in [0.05, 0.1) is 11.6 Å². The Morgan fingerprint density at radius 1 is 1.11 bits per heavy atom. The summed E-state index contributed by atoms with van der Waals surface area (Å²) in [6, 6.07) is 10.3. The number of benzene rings is 1. The fourth-order valence-corrected chi connectivity index (χ4v) is 5.44. The number of piperidine rings is 2. The van der Waals surface area contributed by atoms with Gasteiger partial charge in [0.15, 0.2) is 0 Å². The molecular formula is C20H24N6OS. The van der Waals surface area contributed by atoms with Crippen LogP contribution in [0.2, 0.25) is 0 Å². The highest BCUT2D eigenvalue weighted by molar-refractivity contribution is 7.18. The Kier molecular flexibility index (Phi) is 4.32. The van der Waals surface area contributed by atoms with Gasteiger partial charge in [0.1, 0.15) is 0 Å². The molecule has 0 amide bonds. The molecule has 4 heterocycles. The van der Waals surface area contributed by atoms with Crippen LogP contribution in [-0.2, 0) is 0 Å². The predicted octanol–water partition coefficient (Wildman–Crippen LogP) is 2.53. The van der Waals surface area contributed by atoms with E-state index in [1.54, 1.807) is 0 Å². The lowest BCUT2D eigenvalue weighted by Crippen LogP contribution is -2.54. The van der Waals surface area contributed by atoms with E-state index in [0.29, 0.717) is 11.7 Å². The van der Waals surface area contributed by atoms with Crippen LogP contribution in [0.5, 0.6) is 0 Å². The molecule has 0 bridgehead atoms. The third-order valence-corrected chi connectivity index (χ3v) is 6.93. The van der Waals surface area contributed by atoms with Crippen LogP contribution in [0.1, 0.15) is 19.3 Å². The van der Waals surface area contributed by atoms with Crippen LogP contribution < -0.4 is 15.5 Å². The number of pyridine rings is 1. The zero-order chi connectivity index (χ0) is 19.1. The van der Waals surface area contributed by atoms with Gasteiger partial charge in [-0.2, -0.15) is 0 Å². The van der Waals surface area contributed by atoms with Gasteiger partial charge >= 0.3 is 0 Å². The van der Waals surface area contributed by atoms with E-state index in [2.05, 4.69) is 43.2 Å². The average Bonchev–Trinajstić information content (AvgIpc) is 3.14. The first-order valence-corrected chi connectivity index (χ1v) is 10.5. The number of fused-ring (bicyclic) bond motifs is 1. The second kappa shape index (κ2) is 6.86. The number of hydrogen-bond donors (Lipinski definition) is 2. The lowest BCUT2D eigenvalue weighted by molar-refractivity contribution is 0.0600. The summed E-state index contributed by atoms with van der Waals surface area (Å²) in [7, 11) is 0. The van der Waals surface area contributed by atoms with Crippen molar-refractivity contribution in [3.63, 3.8) is 0 Å². The highest BCUT2D eigenvalue weighted by Crippen LogP contribution is 2.43. The minimum Gasteiger partial charge on any atom is -0.391 e. The third-order valence-electron chi connectivity index (χ3n) is 6.12. The van der Waals surface area contributed by atoms with Crippen LogP contribution >= 0.6 is 11.3 Å². The standard InChI is InChI=1S/C20H24N6OS/c21-18-23-24-19(28-18)25-9-6-20(7-10-25)11-14(27)12-26(13-20)17-5-8-22-16-4-2-1-3-15(16)17/h1-5,8,14,27H,6-7,9-13H2,(H2,21,23). The van der Waals surface area contributed by atoms with Crippen LogP contribution in [0.3, 0.4) is 0 Å². The molecule has 1 unspecified atom stereocenters. The molecule has 8 heteroatoms. The molecule has 0 aliphatic carbocycles. The summed E-state index contributed by atoms with van der Waals surface area (Å²) in [6.45, 7) is 3.48. The monoisotopic (exact) mass is 396 g/mol. The Balaban J connectivity index is 1.38. The lowest BCUT2D eigenvalue weighted by Gasteiger charge is -2.49. The Hall–Kier alpha value is -2.45. The van der Waals surface area contributed by atoms with E-state index in [-0.39, 0.29) is 11.5 Å². The maximum Gasteiger partial charge on any atom is 0.209 e. The molecule has 2 fully saturated rings. The van der Waals surface area contributed by atoms with E-state index in [9.17, 15) is 5.11 Å². The first-order chi connectivity index (χ1) is 13.6. The number of nitrogen functional groups attached to an aromatic ring is 1. The molecule has 2 aliphatic rings. The number of rotatable bonds is 2. The van der Waals surface area contributed by atoms with Gasteiger partial charge in [-0.05, 0) is 36.8 Å². The molecule has 3 aromatic rings. The van der Waals surface area contributed by atoms with Gasteiger partial charge in [0.2, 0.25) is 10.3 Å². The Labute approximate surface area is 167 Å². The van der Waals surface area contributed by atoms with Crippen LogP contribution in [0.15, 0.2) is 36.5 Å². The normalized spacial score (nSPS) is 22.1. The van der Waals surface area contributed by atoms with Crippen molar-refractivity contribution < 1.29 is 5.11 Å². The summed E-state index contributed by atoms with van der Waals surface area (Å²) in [4.78, 5) is 9.12. The van der Waals surface area contributed by atoms with Gasteiger partial charge in [0, 0.05) is 43.4 Å². The van der Waals surface area contributed by atoms with Crippen molar-refractivity contribution in [3.05, 3.63) is 36.5 Å². The number of aromatic nitrogens is 3. The summed E-state index contributed by atoms with van der Waals surface area (Å²) in [5.74, 6) is 0. The van der Waals surface area contributed by atoms with Crippen molar-refractivity contribution in [1.82, 2.24) is 15.2 Å². The number of nitrogens with zero attached hydrogens (tertiary/aromatic N) is 5. The second-order valence-corrected chi connectivity index (χ2v) is 8.98. The highest BCUT2D eigenvalue weighted by Gasteiger charge is 2.42. The maximum atomic E-state index is 10.7. The molecule has 3 N–H and O–H groups in total. The molecule has 1 atom stereocenters. The van der Waals surface area contributed by atoms with E-state index >= 15 is 0 Å². The molecule has 2 saturated heterocycles. The number of aliphatic hydroxyl groups excluding tert-OH is 1.